The van der Waals surface area contributed by atoms with Gasteiger partial charge in [0.1, 0.15) is 16.1 Å². The molecular formula is C29H33BrFN5O3S. The maximum atomic E-state index is 15.9. The highest BCUT2D eigenvalue weighted by Gasteiger charge is 2.36. The number of thioether (sulfide) groups is 1. The molecule has 2 fully saturated rings. The van der Waals surface area contributed by atoms with Gasteiger partial charge in [-0.1, -0.05) is 0 Å². The maximum absolute atomic E-state index is 15.9. The Hall–Kier alpha value is -2.84. The summed E-state index contributed by atoms with van der Waals surface area (Å²) < 4.78 is 24.1. The first-order chi connectivity index (χ1) is 19.1. The Morgan fingerprint density at radius 2 is 2.08 bits per heavy atom. The lowest BCUT2D eigenvalue weighted by molar-refractivity contribution is -0.119. The van der Waals surface area contributed by atoms with Gasteiger partial charge >= 0.3 is 6.09 Å². The highest BCUT2D eigenvalue weighted by Crippen LogP contribution is 2.44. The van der Waals surface area contributed by atoms with Crippen molar-refractivity contribution in [3.63, 3.8) is 0 Å². The summed E-state index contributed by atoms with van der Waals surface area (Å²) in [5, 5.41) is 11.5. The van der Waals surface area contributed by atoms with Gasteiger partial charge in [-0.2, -0.15) is 5.26 Å². The van der Waals surface area contributed by atoms with Crippen molar-refractivity contribution < 1.29 is 18.7 Å². The molecule has 0 radical (unpaired) electrons. The van der Waals surface area contributed by atoms with Gasteiger partial charge in [-0.25, -0.2) is 14.2 Å². The third-order valence-electron chi connectivity index (χ3n) is 7.67. The van der Waals surface area contributed by atoms with Gasteiger partial charge < -0.3 is 19.1 Å². The number of amides is 2. The van der Waals surface area contributed by atoms with Crippen LogP contribution in [-0.2, 0) is 16.0 Å². The molecule has 0 aliphatic carbocycles. The van der Waals surface area contributed by atoms with Gasteiger partial charge in [0.25, 0.3) is 0 Å². The van der Waals surface area contributed by atoms with Crippen LogP contribution in [0.1, 0.15) is 69.8 Å². The number of hydrogen-bond acceptors (Lipinski definition) is 6. The number of carbonyl (C=O) groups is 2. The van der Waals surface area contributed by atoms with E-state index >= 15 is 4.39 Å². The molecule has 4 heterocycles. The Morgan fingerprint density at radius 3 is 2.75 bits per heavy atom. The van der Waals surface area contributed by atoms with Crippen molar-refractivity contribution in [1.82, 2.24) is 19.4 Å². The summed E-state index contributed by atoms with van der Waals surface area (Å²) >= 11 is 4.86. The van der Waals surface area contributed by atoms with E-state index in [9.17, 15) is 14.9 Å². The third-order valence-corrected chi connectivity index (χ3v) is 9.23. The number of carbonyl (C=O) groups excluding carboxylic acids is 2. The zero-order valence-electron chi connectivity index (χ0n) is 23.2. The molecule has 1 aromatic carbocycles. The van der Waals surface area contributed by atoms with Gasteiger partial charge in [-0.05, 0) is 86.3 Å². The summed E-state index contributed by atoms with van der Waals surface area (Å²) in [6.45, 7) is 7.21. The van der Waals surface area contributed by atoms with Crippen molar-refractivity contribution in [2.75, 3.05) is 25.9 Å². The molecule has 2 saturated heterocycles. The Bertz CT molecular complexity index is 1530. The number of benzene rings is 1. The van der Waals surface area contributed by atoms with Crippen molar-refractivity contribution in [2.24, 2.45) is 0 Å². The van der Waals surface area contributed by atoms with Gasteiger partial charge in [0.15, 0.2) is 5.82 Å². The topological polar surface area (TPSA) is 91.5 Å². The van der Waals surface area contributed by atoms with Crippen molar-refractivity contribution in [1.29, 1.82) is 5.26 Å². The smallest absolute Gasteiger partial charge is 0.410 e. The van der Waals surface area contributed by atoms with Crippen LogP contribution >= 0.6 is 27.7 Å². The number of fused-ring (bicyclic) bond motifs is 3. The number of likely N-dealkylation sites (tertiary alicyclic amines) is 2. The first kappa shape index (κ1) is 28.7. The Labute approximate surface area is 245 Å². The quantitative estimate of drug-likeness (QED) is 0.221. The van der Waals surface area contributed by atoms with E-state index in [-0.39, 0.29) is 30.1 Å². The Balaban J connectivity index is 1.75. The number of hydrogen-bond donors (Lipinski definition) is 0. The molecule has 212 valence electrons. The summed E-state index contributed by atoms with van der Waals surface area (Å²) in [7, 11) is 0. The van der Waals surface area contributed by atoms with Gasteiger partial charge in [0, 0.05) is 42.5 Å². The molecule has 2 aliphatic heterocycles. The second kappa shape index (κ2) is 11.2. The zero-order valence-corrected chi connectivity index (χ0v) is 25.6. The molecule has 2 amide bonds. The minimum atomic E-state index is -0.603. The van der Waals surface area contributed by atoms with E-state index in [1.54, 1.807) is 4.90 Å². The third kappa shape index (κ3) is 5.16. The molecule has 11 heteroatoms. The van der Waals surface area contributed by atoms with Gasteiger partial charge in [0.2, 0.25) is 6.41 Å². The molecule has 2 aliphatic rings. The largest absolute Gasteiger partial charge is 0.444 e. The number of halogens is 2. The molecule has 3 aromatic rings. The van der Waals surface area contributed by atoms with Crippen molar-refractivity contribution in [3.8, 4) is 6.07 Å². The summed E-state index contributed by atoms with van der Waals surface area (Å²) in [6, 6.07) is 5.97. The maximum Gasteiger partial charge on any atom is 0.410 e. The highest BCUT2D eigenvalue weighted by atomic mass is 79.9. The molecule has 8 nitrogen and oxygen atoms in total. The van der Waals surface area contributed by atoms with Crippen LogP contribution in [-0.4, -0.2) is 63.3 Å². The fourth-order valence-electron chi connectivity index (χ4n) is 5.96. The lowest BCUT2D eigenvalue weighted by Gasteiger charge is -2.27. The van der Waals surface area contributed by atoms with Crippen LogP contribution in [0, 0.1) is 17.1 Å². The van der Waals surface area contributed by atoms with Crippen LogP contribution in [0.3, 0.4) is 0 Å². The molecule has 2 unspecified atom stereocenters. The molecule has 2 aromatic heterocycles. The second-order valence-corrected chi connectivity index (χ2v) is 13.0. The number of nitriles is 1. The fraction of sp³-hybridized carbons (Fsp3) is 0.517. The molecule has 5 rings (SSSR count). The first-order valence-corrected chi connectivity index (χ1v) is 15.5. The minimum absolute atomic E-state index is 0.0938. The molecular weight excluding hydrogens is 597 g/mol. The normalized spacial score (nSPS) is 19.5. The number of nitrogens with zero attached hydrogens (tertiary/aromatic N) is 5. The number of rotatable bonds is 6. The number of aryl methyl sites for hydroxylation is 1. The number of pyridine rings is 1. The standard InChI is InChI=1S/C29H33BrFN5O3S/c1-29(2,3)39-28(38)34-12-9-18(15-34)36-22(21-8-6-11-35(21)16-37)14-20-26(36)19-13-17(7-5-10-32)23(30)24(31)25(19)33-27(20)40-4/h13-14,16,18,21H,5-9,11-12,15H2,1-4H3. The predicted molar refractivity (Wildman–Crippen MR) is 157 cm³/mol. The average Bonchev–Trinajstić information content (AvgIpc) is 3.66. The van der Waals surface area contributed by atoms with Crippen molar-refractivity contribution >= 4 is 62.0 Å². The average molecular weight is 631 g/mol. The van der Waals surface area contributed by atoms with Crippen molar-refractivity contribution in [2.45, 2.75) is 75.6 Å². The van der Waals surface area contributed by atoms with E-state index in [0.717, 1.165) is 35.8 Å². The monoisotopic (exact) mass is 629 g/mol. The summed E-state index contributed by atoms with van der Waals surface area (Å²) in [4.78, 5) is 33.3. The lowest BCUT2D eigenvalue weighted by Crippen LogP contribution is -2.35. The molecule has 0 spiro atoms. The summed E-state index contributed by atoms with van der Waals surface area (Å²) in [6.07, 6.45) is 5.56. The molecule has 0 saturated carbocycles. The lowest BCUT2D eigenvalue weighted by atomic mass is 10.0. The van der Waals surface area contributed by atoms with Crippen LogP contribution in [0.25, 0.3) is 21.8 Å². The van der Waals surface area contributed by atoms with Gasteiger partial charge in [-0.15, -0.1) is 11.8 Å². The van der Waals surface area contributed by atoms with E-state index < -0.39 is 11.4 Å². The number of aromatic nitrogens is 2. The molecule has 2 atom stereocenters. The van der Waals surface area contributed by atoms with E-state index in [1.165, 1.54) is 11.8 Å². The minimum Gasteiger partial charge on any atom is -0.444 e. The van der Waals surface area contributed by atoms with Crippen LogP contribution in [0.2, 0.25) is 0 Å². The van der Waals surface area contributed by atoms with Crippen LogP contribution in [0.5, 0.6) is 0 Å². The molecule has 40 heavy (non-hydrogen) atoms. The Kier molecular flexibility index (Phi) is 8.03. The van der Waals surface area contributed by atoms with Gasteiger partial charge in [-0.3, -0.25) is 4.79 Å². The summed E-state index contributed by atoms with van der Waals surface area (Å²) in [5.74, 6) is -0.450. The fourth-order valence-corrected chi connectivity index (χ4v) is 7.02. The second-order valence-electron chi connectivity index (χ2n) is 11.4. The van der Waals surface area contributed by atoms with E-state index in [2.05, 4.69) is 32.6 Å². The predicted octanol–water partition coefficient (Wildman–Crippen LogP) is 6.74. The number of ether oxygens (including phenoxy) is 1. The van der Waals surface area contributed by atoms with E-state index in [4.69, 9.17) is 9.72 Å². The summed E-state index contributed by atoms with van der Waals surface area (Å²) in [5.41, 5.74) is 2.19. The van der Waals surface area contributed by atoms with Crippen molar-refractivity contribution in [3.05, 3.63) is 33.7 Å². The van der Waals surface area contributed by atoms with E-state index in [0.29, 0.717) is 52.9 Å². The first-order valence-electron chi connectivity index (χ1n) is 13.5. The Morgan fingerprint density at radius 1 is 1.30 bits per heavy atom. The molecule has 0 N–H and O–H groups in total. The van der Waals surface area contributed by atoms with E-state index in [1.807, 2.05) is 38.0 Å². The molecule has 0 bridgehead atoms. The SMILES string of the molecule is CSc1nc2c(F)c(Br)c(CCC#N)cc2c2c1cc(C1CCCN1C=O)n2C1CCN(C(=O)OC(C)(C)C)C1. The van der Waals surface area contributed by atoms with Crippen LogP contribution in [0.15, 0.2) is 21.6 Å². The highest BCUT2D eigenvalue weighted by molar-refractivity contribution is 9.10. The zero-order chi connectivity index (χ0) is 28.8. The van der Waals surface area contributed by atoms with Gasteiger partial charge in [0.05, 0.1) is 28.1 Å². The van der Waals surface area contributed by atoms with Crippen LogP contribution < -0.4 is 0 Å². The van der Waals surface area contributed by atoms with Crippen LogP contribution in [0.4, 0.5) is 9.18 Å².